The number of para-hydroxylation sites is 1. The van der Waals surface area contributed by atoms with Gasteiger partial charge in [0.15, 0.2) is 0 Å². The molecule has 1 aromatic carbocycles. The Kier molecular flexibility index (Phi) is 12.0. The highest BCUT2D eigenvalue weighted by Gasteiger charge is 2.28. The summed E-state index contributed by atoms with van der Waals surface area (Å²) in [6.07, 6.45) is 1.78. The molecular formula is C25H32N8O7S2. The number of carbonyl (C=O) groups excluding carboxylic acids is 7. The SMILES string of the molecule is CC(=O)NC1CSSCC(C(N)=O)NC(=O)[C@H](Cc2c[nH]c3ccccc23)NC(=O)CNC(=O)CNC(=O)CNC1=O. The number of benzene rings is 1. The van der Waals surface area contributed by atoms with Crippen LogP contribution in [-0.4, -0.2) is 95.6 Å². The summed E-state index contributed by atoms with van der Waals surface area (Å²) in [6, 6.07) is 4.14. The molecule has 9 N–H and O–H groups in total. The van der Waals surface area contributed by atoms with Crippen molar-refractivity contribution in [3.63, 3.8) is 0 Å². The Balaban J connectivity index is 1.79. The second-order valence-electron chi connectivity index (χ2n) is 9.24. The summed E-state index contributed by atoms with van der Waals surface area (Å²) in [5, 5.41) is 15.5. The molecule has 0 radical (unpaired) electrons. The van der Waals surface area contributed by atoms with Gasteiger partial charge in [-0.25, -0.2) is 0 Å². The lowest BCUT2D eigenvalue weighted by atomic mass is 10.0. The maximum atomic E-state index is 13.3. The highest BCUT2D eigenvalue weighted by Crippen LogP contribution is 2.23. The van der Waals surface area contributed by atoms with E-state index in [0.29, 0.717) is 0 Å². The third-order valence-electron chi connectivity index (χ3n) is 5.97. The molecule has 3 atom stereocenters. The number of hydrogen-bond donors (Lipinski definition) is 8. The predicted molar refractivity (Wildman–Crippen MR) is 157 cm³/mol. The summed E-state index contributed by atoms with van der Waals surface area (Å²) in [6.45, 7) is -0.181. The van der Waals surface area contributed by atoms with Crippen LogP contribution in [-0.2, 0) is 40.0 Å². The summed E-state index contributed by atoms with van der Waals surface area (Å²) in [7, 11) is 2.28. The van der Waals surface area contributed by atoms with Gasteiger partial charge in [0.05, 0.1) is 19.6 Å². The van der Waals surface area contributed by atoms with Crippen molar-refractivity contribution in [2.24, 2.45) is 5.73 Å². The van der Waals surface area contributed by atoms with Gasteiger partial charge in [-0.15, -0.1) is 0 Å². The van der Waals surface area contributed by atoms with Crippen LogP contribution in [0.3, 0.4) is 0 Å². The molecule has 7 amide bonds. The smallest absolute Gasteiger partial charge is 0.243 e. The molecule has 1 fully saturated rings. The van der Waals surface area contributed by atoms with E-state index in [1.165, 1.54) is 6.92 Å². The number of rotatable bonds is 4. The molecule has 2 unspecified atom stereocenters. The van der Waals surface area contributed by atoms with Gasteiger partial charge in [-0.1, -0.05) is 39.8 Å². The molecule has 2 heterocycles. The van der Waals surface area contributed by atoms with Gasteiger partial charge in [0.25, 0.3) is 0 Å². The minimum Gasteiger partial charge on any atom is -0.368 e. The molecule has 42 heavy (non-hydrogen) atoms. The molecule has 1 saturated heterocycles. The minimum absolute atomic E-state index is 0.0202. The Morgan fingerprint density at radius 1 is 0.881 bits per heavy atom. The van der Waals surface area contributed by atoms with Gasteiger partial charge >= 0.3 is 0 Å². The van der Waals surface area contributed by atoms with Gasteiger partial charge in [0, 0.05) is 42.0 Å². The normalized spacial score (nSPS) is 22.1. The van der Waals surface area contributed by atoms with E-state index in [1.807, 2.05) is 24.3 Å². The molecule has 0 saturated carbocycles. The van der Waals surface area contributed by atoms with Gasteiger partial charge in [-0.3, -0.25) is 33.6 Å². The lowest BCUT2D eigenvalue weighted by molar-refractivity contribution is -0.131. The van der Waals surface area contributed by atoms with Crippen LogP contribution in [0.2, 0.25) is 0 Å². The van der Waals surface area contributed by atoms with Crippen molar-refractivity contribution < 1.29 is 33.6 Å². The highest BCUT2D eigenvalue weighted by molar-refractivity contribution is 8.76. The number of H-pyrrole nitrogens is 1. The van der Waals surface area contributed by atoms with E-state index in [0.717, 1.165) is 38.1 Å². The fraction of sp³-hybridized carbons (Fsp3) is 0.400. The first-order valence-corrected chi connectivity index (χ1v) is 15.3. The number of nitrogens with one attached hydrogen (secondary N) is 7. The lowest BCUT2D eigenvalue weighted by Gasteiger charge is -2.22. The van der Waals surface area contributed by atoms with Crippen LogP contribution < -0.4 is 37.6 Å². The van der Waals surface area contributed by atoms with Gasteiger partial charge in [-0.2, -0.15) is 0 Å². The Morgan fingerprint density at radius 2 is 1.52 bits per heavy atom. The minimum atomic E-state index is -1.13. The largest absolute Gasteiger partial charge is 0.368 e. The summed E-state index contributed by atoms with van der Waals surface area (Å²) in [4.78, 5) is 89.7. The number of carbonyl (C=O) groups is 7. The quantitative estimate of drug-likeness (QED) is 0.167. The third kappa shape index (κ3) is 9.99. The Morgan fingerprint density at radius 3 is 2.21 bits per heavy atom. The number of aromatic amines is 1. The van der Waals surface area contributed by atoms with E-state index in [4.69, 9.17) is 5.73 Å². The lowest BCUT2D eigenvalue weighted by Crippen LogP contribution is -2.55. The number of primary amides is 1. The average Bonchev–Trinajstić information content (AvgIpc) is 3.36. The van der Waals surface area contributed by atoms with Gasteiger partial charge in [0.2, 0.25) is 41.4 Å². The van der Waals surface area contributed by atoms with Crippen molar-refractivity contribution in [3.8, 4) is 0 Å². The zero-order chi connectivity index (χ0) is 30.6. The van der Waals surface area contributed by atoms with E-state index in [9.17, 15) is 33.6 Å². The molecule has 1 aromatic heterocycles. The number of nitrogens with two attached hydrogens (primary N) is 1. The van der Waals surface area contributed by atoms with Gasteiger partial charge in [0.1, 0.15) is 18.1 Å². The van der Waals surface area contributed by atoms with Gasteiger partial charge in [-0.05, 0) is 11.6 Å². The molecule has 0 bridgehead atoms. The summed E-state index contributed by atoms with van der Waals surface area (Å²) >= 11 is 0. The van der Waals surface area contributed by atoms with E-state index in [-0.39, 0.29) is 17.9 Å². The van der Waals surface area contributed by atoms with Crippen molar-refractivity contribution in [1.29, 1.82) is 0 Å². The molecule has 1 aliphatic rings. The molecule has 0 spiro atoms. The van der Waals surface area contributed by atoms with E-state index in [1.54, 1.807) is 6.20 Å². The van der Waals surface area contributed by atoms with Crippen molar-refractivity contribution in [3.05, 3.63) is 36.0 Å². The maximum absolute atomic E-state index is 13.3. The maximum Gasteiger partial charge on any atom is 0.243 e. The van der Waals surface area contributed by atoms with E-state index < -0.39 is 79.1 Å². The van der Waals surface area contributed by atoms with Crippen LogP contribution >= 0.6 is 21.6 Å². The molecule has 2 aromatic rings. The topological polar surface area (TPSA) is 233 Å². The van der Waals surface area contributed by atoms with Crippen LogP contribution in [0.25, 0.3) is 10.9 Å². The first-order valence-electron chi connectivity index (χ1n) is 12.8. The molecule has 3 rings (SSSR count). The first kappa shape index (κ1) is 32.3. The second kappa shape index (κ2) is 15.7. The summed E-state index contributed by atoms with van der Waals surface area (Å²) in [5.74, 6) is -4.54. The summed E-state index contributed by atoms with van der Waals surface area (Å²) in [5.41, 5.74) is 7.09. The van der Waals surface area contributed by atoms with Gasteiger partial charge < -0.3 is 42.6 Å². The van der Waals surface area contributed by atoms with Crippen LogP contribution in [0, 0.1) is 0 Å². The monoisotopic (exact) mass is 620 g/mol. The zero-order valence-corrected chi connectivity index (χ0v) is 24.2. The fourth-order valence-electron chi connectivity index (χ4n) is 3.88. The van der Waals surface area contributed by atoms with Crippen molar-refractivity contribution in [1.82, 2.24) is 36.9 Å². The molecule has 0 aliphatic carbocycles. The second-order valence-corrected chi connectivity index (χ2v) is 11.8. The molecule has 17 heteroatoms. The van der Waals surface area contributed by atoms with Crippen LogP contribution in [0.4, 0.5) is 0 Å². The van der Waals surface area contributed by atoms with E-state index >= 15 is 0 Å². The van der Waals surface area contributed by atoms with Crippen molar-refractivity contribution >= 4 is 73.8 Å². The Bertz CT molecular complexity index is 1350. The summed E-state index contributed by atoms with van der Waals surface area (Å²) < 4.78 is 0. The van der Waals surface area contributed by atoms with Crippen LogP contribution in [0.15, 0.2) is 30.5 Å². The third-order valence-corrected chi connectivity index (χ3v) is 8.39. The molecule has 1 aliphatic heterocycles. The first-order chi connectivity index (χ1) is 20.0. The number of aromatic nitrogens is 1. The van der Waals surface area contributed by atoms with Crippen LogP contribution in [0.5, 0.6) is 0 Å². The number of fused-ring (bicyclic) bond motifs is 1. The zero-order valence-electron chi connectivity index (χ0n) is 22.6. The Labute approximate surface area is 248 Å². The molecule has 226 valence electrons. The standard InChI is InChI=1S/C25H32N8O7S2/c1-13(34)31-19-12-42-41-11-18(23(26)38)33-25(40)17(6-14-7-27-16-5-3-2-4-15(14)16)32-22(37)10-29-20(35)8-28-21(36)9-30-24(19)39/h2-5,7,17-19,27H,6,8-12H2,1H3,(H2,26,38)(H,28,36)(H,29,35)(H,30,39)(H,31,34)(H,32,37)(H,33,40)/t17-,18?,19?/m0/s1. The molecule has 15 nitrogen and oxygen atoms in total. The predicted octanol–water partition coefficient (Wildman–Crippen LogP) is -2.59. The van der Waals surface area contributed by atoms with E-state index in [2.05, 4.69) is 36.9 Å². The highest BCUT2D eigenvalue weighted by atomic mass is 33.1. The molecular weight excluding hydrogens is 588 g/mol. The number of hydrogen-bond acceptors (Lipinski definition) is 9. The fourth-order valence-corrected chi connectivity index (χ4v) is 6.22. The number of amides is 7. The Hall–Kier alpha value is -4.25. The van der Waals surface area contributed by atoms with Crippen LogP contribution in [0.1, 0.15) is 12.5 Å². The van der Waals surface area contributed by atoms with Crippen molar-refractivity contribution in [2.75, 3.05) is 31.1 Å². The van der Waals surface area contributed by atoms with Crippen molar-refractivity contribution in [2.45, 2.75) is 31.5 Å². The average molecular weight is 621 g/mol.